The number of nitriles is 1. The quantitative estimate of drug-likeness (QED) is 0.881. The van der Waals surface area contributed by atoms with Gasteiger partial charge in [-0.15, -0.1) is 0 Å². The molecule has 22 heavy (non-hydrogen) atoms. The SMILES string of the molecule is CC(C)Oc1ccc(C#N)cc1NCc1nc(C2CC2)no1. The van der Waals surface area contributed by atoms with E-state index < -0.39 is 0 Å². The van der Waals surface area contributed by atoms with Crippen molar-refractivity contribution in [2.75, 3.05) is 5.32 Å². The van der Waals surface area contributed by atoms with E-state index in [0.29, 0.717) is 29.7 Å². The summed E-state index contributed by atoms with van der Waals surface area (Å²) in [4.78, 5) is 4.37. The summed E-state index contributed by atoms with van der Waals surface area (Å²) < 4.78 is 11.0. The van der Waals surface area contributed by atoms with Crippen molar-refractivity contribution < 1.29 is 9.26 Å². The molecule has 0 unspecified atom stereocenters. The molecule has 1 N–H and O–H groups in total. The molecule has 6 heteroatoms. The molecule has 1 aliphatic rings. The molecule has 3 rings (SSSR count). The van der Waals surface area contributed by atoms with Gasteiger partial charge in [0.2, 0.25) is 5.89 Å². The number of hydrogen-bond donors (Lipinski definition) is 1. The Hall–Kier alpha value is -2.55. The predicted octanol–water partition coefficient (Wildman–Crippen LogP) is 3.22. The number of ether oxygens (including phenoxy) is 1. The molecule has 0 atom stereocenters. The first kappa shape index (κ1) is 14.4. The maximum Gasteiger partial charge on any atom is 0.245 e. The van der Waals surface area contributed by atoms with Gasteiger partial charge in [-0.25, -0.2) is 0 Å². The fourth-order valence-corrected chi connectivity index (χ4v) is 2.11. The van der Waals surface area contributed by atoms with Gasteiger partial charge in [0.25, 0.3) is 0 Å². The largest absolute Gasteiger partial charge is 0.489 e. The Morgan fingerprint density at radius 1 is 1.45 bits per heavy atom. The highest BCUT2D eigenvalue weighted by Gasteiger charge is 2.28. The first-order valence-electron chi connectivity index (χ1n) is 7.43. The van der Waals surface area contributed by atoms with Gasteiger partial charge < -0.3 is 14.6 Å². The lowest BCUT2D eigenvalue weighted by atomic mass is 10.2. The van der Waals surface area contributed by atoms with Crippen LogP contribution >= 0.6 is 0 Å². The number of rotatable bonds is 6. The van der Waals surface area contributed by atoms with Gasteiger partial charge in [0.15, 0.2) is 5.82 Å². The van der Waals surface area contributed by atoms with E-state index in [1.807, 2.05) is 13.8 Å². The van der Waals surface area contributed by atoms with Crippen molar-refractivity contribution in [1.29, 1.82) is 5.26 Å². The zero-order chi connectivity index (χ0) is 15.5. The Kier molecular flexibility index (Phi) is 3.96. The number of anilines is 1. The van der Waals surface area contributed by atoms with Gasteiger partial charge >= 0.3 is 0 Å². The van der Waals surface area contributed by atoms with Crippen molar-refractivity contribution in [3.63, 3.8) is 0 Å². The second-order valence-corrected chi connectivity index (χ2v) is 5.66. The van der Waals surface area contributed by atoms with Crippen LogP contribution < -0.4 is 10.1 Å². The van der Waals surface area contributed by atoms with Gasteiger partial charge in [-0.3, -0.25) is 0 Å². The van der Waals surface area contributed by atoms with E-state index >= 15 is 0 Å². The summed E-state index contributed by atoms with van der Waals surface area (Å²) in [6.07, 6.45) is 2.34. The monoisotopic (exact) mass is 298 g/mol. The summed E-state index contributed by atoms with van der Waals surface area (Å²) in [5.41, 5.74) is 1.32. The Morgan fingerprint density at radius 3 is 2.95 bits per heavy atom. The first-order valence-corrected chi connectivity index (χ1v) is 7.43. The second kappa shape index (κ2) is 6.06. The summed E-state index contributed by atoms with van der Waals surface area (Å²) in [5, 5.41) is 16.2. The fraction of sp³-hybridized carbons (Fsp3) is 0.438. The molecular formula is C16H18N4O2. The molecule has 2 aromatic rings. The highest BCUT2D eigenvalue weighted by Crippen LogP contribution is 2.38. The van der Waals surface area contributed by atoms with Crippen molar-refractivity contribution in [1.82, 2.24) is 10.1 Å². The summed E-state index contributed by atoms with van der Waals surface area (Å²) in [7, 11) is 0. The minimum Gasteiger partial charge on any atom is -0.489 e. The van der Waals surface area contributed by atoms with E-state index in [9.17, 15) is 0 Å². The van der Waals surface area contributed by atoms with Crippen LogP contribution in [0.25, 0.3) is 0 Å². The molecule has 1 heterocycles. The van der Waals surface area contributed by atoms with Crippen molar-refractivity contribution in [3.05, 3.63) is 35.5 Å². The van der Waals surface area contributed by atoms with E-state index in [4.69, 9.17) is 14.5 Å². The molecule has 0 aliphatic heterocycles. The van der Waals surface area contributed by atoms with E-state index in [1.54, 1.807) is 18.2 Å². The molecule has 6 nitrogen and oxygen atoms in total. The molecule has 0 radical (unpaired) electrons. The number of hydrogen-bond acceptors (Lipinski definition) is 6. The van der Waals surface area contributed by atoms with Gasteiger partial charge in [-0.05, 0) is 44.9 Å². The molecule has 1 aliphatic carbocycles. The van der Waals surface area contributed by atoms with E-state index in [1.165, 1.54) is 0 Å². The summed E-state index contributed by atoms with van der Waals surface area (Å²) >= 11 is 0. The Labute approximate surface area is 129 Å². The number of aromatic nitrogens is 2. The normalized spacial score (nSPS) is 13.9. The molecule has 114 valence electrons. The van der Waals surface area contributed by atoms with Gasteiger partial charge in [-0.2, -0.15) is 10.2 Å². The minimum absolute atomic E-state index is 0.0540. The van der Waals surface area contributed by atoms with Crippen LogP contribution in [0.15, 0.2) is 22.7 Å². The lowest BCUT2D eigenvalue weighted by Gasteiger charge is -2.15. The summed E-state index contributed by atoms with van der Waals surface area (Å²) in [6, 6.07) is 7.42. The molecule has 0 saturated heterocycles. The zero-order valence-corrected chi connectivity index (χ0v) is 12.7. The highest BCUT2D eigenvalue weighted by atomic mass is 16.5. The zero-order valence-electron chi connectivity index (χ0n) is 12.7. The number of benzene rings is 1. The van der Waals surface area contributed by atoms with E-state index in [0.717, 1.165) is 24.4 Å². The van der Waals surface area contributed by atoms with E-state index in [2.05, 4.69) is 21.5 Å². The molecule has 1 aromatic carbocycles. The first-order chi connectivity index (χ1) is 10.7. The molecular weight excluding hydrogens is 280 g/mol. The molecule has 0 amide bonds. The Morgan fingerprint density at radius 2 is 2.27 bits per heavy atom. The van der Waals surface area contributed by atoms with Gasteiger partial charge in [0, 0.05) is 5.92 Å². The lowest BCUT2D eigenvalue weighted by Crippen LogP contribution is -2.09. The van der Waals surface area contributed by atoms with Crippen LogP contribution in [0.5, 0.6) is 5.75 Å². The van der Waals surface area contributed by atoms with E-state index in [-0.39, 0.29) is 6.10 Å². The maximum absolute atomic E-state index is 9.03. The maximum atomic E-state index is 9.03. The third-order valence-electron chi connectivity index (χ3n) is 3.33. The van der Waals surface area contributed by atoms with Crippen molar-refractivity contribution in [3.8, 4) is 11.8 Å². The molecule has 1 fully saturated rings. The van der Waals surface area contributed by atoms with Gasteiger partial charge in [0.05, 0.1) is 30.0 Å². The lowest BCUT2D eigenvalue weighted by molar-refractivity contribution is 0.243. The summed E-state index contributed by atoms with van der Waals surface area (Å²) in [5.74, 6) is 2.51. The Balaban J connectivity index is 1.72. The van der Waals surface area contributed by atoms with Crippen LogP contribution in [0.2, 0.25) is 0 Å². The molecule has 0 spiro atoms. The van der Waals surface area contributed by atoms with Crippen LogP contribution in [0.3, 0.4) is 0 Å². The third kappa shape index (κ3) is 3.37. The molecule has 1 saturated carbocycles. The fourth-order valence-electron chi connectivity index (χ4n) is 2.11. The predicted molar refractivity (Wildman–Crippen MR) is 80.5 cm³/mol. The Bertz CT molecular complexity index is 698. The number of nitrogens with zero attached hydrogens (tertiary/aromatic N) is 3. The topological polar surface area (TPSA) is 84.0 Å². The smallest absolute Gasteiger partial charge is 0.245 e. The molecule has 1 aromatic heterocycles. The van der Waals surface area contributed by atoms with Gasteiger partial charge in [0.1, 0.15) is 5.75 Å². The minimum atomic E-state index is 0.0540. The van der Waals surface area contributed by atoms with Crippen LogP contribution in [-0.4, -0.2) is 16.2 Å². The van der Waals surface area contributed by atoms with Crippen LogP contribution in [0.4, 0.5) is 5.69 Å². The molecule has 0 bridgehead atoms. The van der Waals surface area contributed by atoms with Crippen LogP contribution in [0, 0.1) is 11.3 Å². The average molecular weight is 298 g/mol. The third-order valence-corrected chi connectivity index (χ3v) is 3.33. The van der Waals surface area contributed by atoms with Crippen molar-refractivity contribution >= 4 is 5.69 Å². The highest BCUT2D eigenvalue weighted by molar-refractivity contribution is 5.60. The standard InChI is InChI=1S/C16H18N4O2/c1-10(2)21-14-6-3-11(8-17)7-13(14)18-9-15-19-16(20-22-15)12-4-5-12/h3,6-7,10,12,18H,4-5,9H2,1-2H3. The van der Waals surface area contributed by atoms with Crippen molar-refractivity contribution in [2.24, 2.45) is 0 Å². The number of nitrogens with one attached hydrogen (secondary N) is 1. The summed E-state index contributed by atoms with van der Waals surface area (Å²) in [6.45, 7) is 4.33. The van der Waals surface area contributed by atoms with Crippen molar-refractivity contribution in [2.45, 2.75) is 45.3 Å². The van der Waals surface area contributed by atoms with Crippen LogP contribution in [0.1, 0.15) is 49.9 Å². The average Bonchev–Trinajstić information content (AvgIpc) is 3.25. The van der Waals surface area contributed by atoms with Gasteiger partial charge in [-0.1, -0.05) is 5.16 Å². The van der Waals surface area contributed by atoms with Crippen LogP contribution in [-0.2, 0) is 6.54 Å². The second-order valence-electron chi connectivity index (χ2n) is 5.66.